The number of likely N-dealkylation sites (tertiary alicyclic amines) is 1. The molecule has 4 rings (SSSR count). The fourth-order valence-electron chi connectivity index (χ4n) is 3.80. The number of rotatable bonds is 5. The van der Waals surface area contributed by atoms with Gasteiger partial charge in [0.15, 0.2) is 0 Å². The van der Waals surface area contributed by atoms with Crippen LogP contribution in [0.4, 0.5) is 5.69 Å². The minimum Gasteiger partial charge on any atom is -0.486 e. The van der Waals surface area contributed by atoms with E-state index in [1.165, 1.54) is 5.56 Å². The van der Waals surface area contributed by atoms with E-state index in [-0.39, 0.29) is 17.9 Å². The van der Waals surface area contributed by atoms with Gasteiger partial charge in [0.2, 0.25) is 5.91 Å². The molecule has 1 N–H and O–H groups in total. The van der Waals surface area contributed by atoms with Gasteiger partial charge in [0.1, 0.15) is 17.9 Å². The molecule has 5 nitrogen and oxygen atoms in total. The van der Waals surface area contributed by atoms with Crippen molar-refractivity contribution < 1.29 is 14.3 Å². The van der Waals surface area contributed by atoms with Crippen LogP contribution in [0.3, 0.4) is 0 Å². The fourth-order valence-corrected chi connectivity index (χ4v) is 3.80. The van der Waals surface area contributed by atoms with Crippen LogP contribution in [0.1, 0.15) is 44.2 Å². The Morgan fingerprint density at radius 2 is 1.86 bits per heavy atom. The second-order valence-electron chi connectivity index (χ2n) is 7.95. The second-order valence-corrected chi connectivity index (χ2v) is 7.95. The van der Waals surface area contributed by atoms with Crippen LogP contribution in [-0.2, 0) is 9.59 Å². The van der Waals surface area contributed by atoms with Crippen molar-refractivity contribution in [3.63, 3.8) is 0 Å². The summed E-state index contributed by atoms with van der Waals surface area (Å²) in [6, 6.07) is 14.9. The zero-order valence-corrected chi connectivity index (χ0v) is 17.0. The molecule has 29 heavy (non-hydrogen) atoms. The molecule has 0 radical (unpaired) electrons. The molecule has 0 saturated carbocycles. The lowest BCUT2D eigenvalue weighted by Crippen LogP contribution is -2.57. The third-order valence-electron chi connectivity index (χ3n) is 5.62. The first kappa shape index (κ1) is 19.2. The van der Waals surface area contributed by atoms with E-state index >= 15 is 0 Å². The molecule has 1 saturated heterocycles. The molecule has 150 valence electrons. The summed E-state index contributed by atoms with van der Waals surface area (Å²) >= 11 is 0. The van der Waals surface area contributed by atoms with Crippen LogP contribution >= 0.6 is 0 Å². The number of amides is 2. The minimum absolute atomic E-state index is 0.00716. The molecular formula is C24H26N2O3. The van der Waals surface area contributed by atoms with Crippen molar-refractivity contribution >= 4 is 23.6 Å². The molecule has 2 heterocycles. The lowest BCUT2D eigenvalue weighted by Gasteiger charge is -2.40. The van der Waals surface area contributed by atoms with Crippen molar-refractivity contribution in [3.05, 3.63) is 65.2 Å². The van der Waals surface area contributed by atoms with Gasteiger partial charge in [-0.1, -0.05) is 44.2 Å². The first-order valence-electron chi connectivity index (χ1n) is 10.1. The van der Waals surface area contributed by atoms with E-state index in [4.69, 9.17) is 4.74 Å². The average molecular weight is 390 g/mol. The largest absolute Gasteiger partial charge is 0.486 e. The Labute approximate surface area is 171 Å². The number of carbonyl (C=O) groups excluding carboxylic acids is 2. The average Bonchev–Trinajstić information content (AvgIpc) is 2.70. The predicted molar refractivity (Wildman–Crippen MR) is 114 cm³/mol. The molecule has 1 fully saturated rings. The number of nitrogens with zero attached hydrogens (tertiary/aromatic N) is 1. The Morgan fingerprint density at radius 1 is 1.14 bits per heavy atom. The Bertz CT molecular complexity index is 962. The lowest BCUT2D eigenvalue weighted by molar-refractivity contribution is -0.146. The van der Waals surface area contributed by atoms with Crippen LogP contribution in [0.25, 0.3) is 6.08 Å². The normalized spacial score (nSPS) is 19.0. The molecule has 2 aliphatic heterocycles. The number of nitrogens with one attached hydrogen (secondary N) is 1. The van der Waals surface area contributed by atoms with Gasteiger partial charge in [0, 0.05) is 29.8 Å². The van der Waals surface area contributed by atoms with E-state index in [9.17, 15) is 9.59 Å². The Hall–Kier alpha value is -3.08. The van der Waals surface area contributed by atoms with E-state index in [0.717, 1.165) is 22.6 Å². The third-order valence-corrected chi connectivity index (χ3v) is 5.62. The molecule has 0 aliphatic carbocycles. The zero-order chi connectivity index (χ0) is 20.5. The molecule has 2 amide bonds. The maximum Gasteiger partial charge on any atom is 0.251 e. The van der Waals surface area contributed by atoms with Crippen molar-refractivity contribution in [3.8, 4) is 5.75 Å². The van der Waals surface area contributed by atoms with Crippen molar-refractivity contribution in [2.24, 2.45) is 0 Å². The van der Waals surface area contributed by atoms with Gasteiger partial charge in [-0.15, -0.1) is 0 Å². The molecule has 5 heteroatoms. The molecule has 2 aliphatic rings. The number of carbonyl (C=O) groups is 2. The summed E-state index contributed by atoms with van der Waals surface area (Å²) in [6.07, 6.45) is 2.17. The van der Waals surface area contributed by atoms with Gasteiger partial charge in [-0.2, -0.15) is 0 Å². The highest BCUT2D eigenvalue weighted by atomic mass is 16.5. The topological polar surface area (TPSA) is 58.6 Å². The van der Waals surface area contributed by atoms with Crippen LogP contribution in [0, 0.1) is 0 Å². The molecule has 0 bridgehead atoms. The summed E-state index contributed by atoms with van der Waals surface area (Å²) in [4.78, 5) is 27.1. The number of benzene rings is 2. The molecule has 0 spiro atoms. The summed E-state index contributed by atoms with van der Waals surface area (Å²) in [5, 5.41) is 2.99. The summed E-state index contributed by atoms with van der Waals surface area (Å²) in [6.45, 7) is 6.76. The van der Waals surface area contributed by atoms with Crippen LogP contribution in [-0.4, -0.2) is 35.4 Å². The number of ether oxygens (including phenoxy) is 1. The van der Waals surface area contributed by atoms with Gasteiger partial charge in [-0.25, -0.2) is 0 Å². The van der Waals surface area contributed by atoms with Crippen molar-refractivity contribution in [2.45, 2.75) is 45.3 Å². The Morgan fingerprint density at radius 3 is 2.48 bits per heavy atom. The molecule has 2 aromatic rings. The van der Waals surface area contributed by atoms with E-state index < -0.39 is 6.04 Å². The minimum atomic E-state index is -0.676. The Balaban J connectivity index is 1.63. The molecule has 0 unspecified atom stereocenters. The number of β-lactam (4-membered cyclic amide) rings is 1. The van der Waals surface area contributed by atoms with Crippen molar-refractivity contribution in [1.29, 1.82) is 0 Å². The maximum atomic E-state index is 13.3. The number of para-hydroxylation sites is 1. The van der Waals surface area contributed by atoms with Gasteiger partial charge in [-0.3, -0.25) is 9.59 Å². The summed E-state index contributed by atoms with van der Waals surface area (Å²) in [7, 11) is 0. The van der Waals surface area contributed by atoms with E-state index in [1.54, 1.807) is 4.90 Å². The SMILES string of the molecule is CC(C)c1ccc(NC(=O)[C@@H](C2=Cc3ccccc3O[C@@H]2C)N2CCC2=O)cc1. The van der Waals surface area contributed by atoms with Crippen LogP contribution in [0.2, 0.25) is 0 Å². The van der Waals surface area contributed by atoms with Gasteiger partial charge >= 0.3 is 0 Å². The van der Waals surface area contributed by atoms with Crippen molar-refractivity contribution in [1.82, 2.24) is 4.90 Å². The number of anilines is 1. The highest BCUT2D eigenvalue weighted by molar-refractivity contribution is 6.01. The molecule has 2 atom stereocenters. The number of fused-ring (bicyclic) bond motifs is 1. The van der Waals surface area contributed by atoms with E-state index in [1.807, 2.05) is 61.5 Å². The quantitative estimate of drug-likeness (QED) is 0.778. The van der Waals surface area contributed by atoms with Crippen molar-refractivity contribution in [2.75, 3.05) is 11.9 Å². The van der Waals surface area contributed by atoms with Gasteiger partial charge in [0.25, 0.3) is 5.91 Å². The summed E-state index contributed by atoms with van der Waals surface area (Å²) in [5.74, 6) is 1.00. The fraction of sp³-hybridized carbons (Fsp3) is 0.333. The third kappa shape index (κ3) is 3.77. The van der Waals surface area contributed by atoms with Crippen LogP contribution < -0.4 is 10.1 Å². The van der Waals surface area contributed by atoms with Gasteiger partial charge in [-0.05, 0) is 42.7 Å². The maximum absolute atomic E-state index is 13.3. The standard InChI is InChI=1S/C24H26N2O3/c1-15(2)17-8-10-19(11-9-17)25-24(28)23(26-13-12-22(26)27)20-14-18-6-4-5-7-21(18)29-16(20)3/h4-11,14-16,23H,12-13H2,1-3H3,(H,25,28)/t16-,23-/m1/s1. The number of hydrogen-bond acceptors (Lipinski definition) is 3. The first-order chi connectivity index (χ1) is 13.9. The summed E-state index contributed by atoms with van der Waals surface area (Å²) < 4.78 is 6.04. The monoisotopic (exact) mass is 390 g/mol. The van der Waals surface area contributed by atoms with Crippen LogP contribution in [0.15, 0.2) is 54.1 Å². The molecular weight excluding hydrogens is 364 g/mol. The Kier molecular flexibility index (Phi) is 5.14. The lowest BCUT2D eigenvalue weighted by atomic mass is 9.92. The van der Waals surface area contributed by atoms with Gasteiger partial charge in [0.05, 0.1) is 0 Å². The van der Waals surface area contributed by atoms with E-state index in [0.29, 0.717) is 18.9 Å². The second kappa shape index (κ2) is 7.74. The highest BCUT2D eigenvalue weighted by Crippen LogP contribution is 2.34. The van der Waals surface area contributed by atoms with Gasteiger partial charge < -0.3 is 15.0 Å². The zero-order valence-electron chi connectivity index (χ0n) is 17.0. The highest BCUT2D eigenvalue weighted by Gasteiger charge is 2.41. The predicted octanol–water partition coefficient (Wildman–Crippen LogP) is 4.21. The molecule has 2 aromatic carbocycles. The van der Waals surface area contributed by atoms with E-state index in [2.05, 4.69) is 19.2 Å². The summed E-state index contributed by atoms with van der Waals surface area (Å²) in [5.41, 5.74) is 3.66. The number of hydrogen-bond donors (Lipinski definition) is 1. The van der Waals surface area contributed by atoms with Crippen LogP contribution in [0.5, 0.6) is 5.75 Å². The smallest absolute Gasteiger partial charge is 0.251 e. The molecule has 0 aromatic heterocycles. The first-order valence-corrected chi connectivity index (χ1v) is 10.1.